The van der Waals surface area contributed by atoms with E-state index in [1.54, 1.807) is 6.92 Å². The summed E-state index contributed by atoms with van der Waals surface area (Å²) in [5.41, 5.74) is 0.263. The maximum atomic E-state index is 12.4. The molecule has 0 radical (unpaired) electrons. The molecule has 0 aromatic carbocycles. The molecule has 0 aliphatic rings. The van der Waals surface area contributed by atoms with Gasteiger partial charge in [0.2, 0.25) is 0 Å². The zero-order valence-electron chi connectivity index (χ0n) is 16.4. The van der Waals surface area contributed by atoms with Gasteiger partial charge >= 0.3 is 11.9 Å². The minimum absolute atomic E-state index is 0.0562. The summed E-state index contributed by atoms with van der Waals surface area (Å²) in [7, 11) is 0. The van der Waals surface area contributed by atoms with Gasteiger partial charge < -0.3 is 14.2 Å². The Labute approximate surface area is 146 Å². The Hall–Kier alpha value is -1.36. The Balaban J connectivity index is 4.09. The highest BCUT2D eigenvalue weighted by Gasteiger charge is 2.35. The van der Waals surface area contributed by atoms with Gasteiger partial charge in [-0.2, -0.15) is 0 Å². The van der Waals surface area contributed by atoms with Crippen LogP contribution in [0.5, 0.6) is 0 Å². The SMILES string of the molecule is C=C(C)C(=O)OCCOCCOC(=O)C(CC(C)(C)C)C(C)(C)C. The molecule has 24 heavy (non-hydrogen) atoms. The molecule has 0 rings (SSSR count). The van der Waals surface area contributed by atoms with Gasteiger partial charge in [-0.1, -0.05) is 48.1 Å². The van der Waals surface area contributed by atoms with Crippen molar-refractivity contribution in [2.45, 2.75) is 54.9 Å². The molecule has 0 bridgehead atoms. The molecule has 0 aromatic heterocycles. The Kier molecular flexibility index (Phi) is 9.26. The van der Waals surface area contributed by atoms with Gasteiger partial charge in [0.15, 0.2) is 0 Å². The van der Waals surface area contributed by atoms with E-state index in [0.717, 1.165) is 6.42 Å². The molecule has 0 spiro atoms. The fourth-order valence-electron chi connectivity index (χ4n) is 2.08. The first-order valence-corrected chi connectivity index (χ1v) is 8.41. The lowest BCUT2D eigenvalue weighted by atomic mass is 9.72. The molecule has 0 heterocycles. The first-order valence-electron chi connectivity index (χ1n) is 8.41. The van der Waals surface area contributed by atoms with Crippen molar-refractivity contribution in [2.24, 2.45) is 16.7 Å². The van der Waals surface area contributed by atoms with E-state index in [-0.39, 0.29) is 49.1 Å². The van der Waals surface area contributed by atoms with Crippen LogP contribution in [-0.4, -0.2) is 38.4 Å². The molecule has 140 valence electrons. The first kappa shape index (κ1) is 22.6. The van der Waals surface area contributed by atoms with Crippen LogP contribution in [0, 0.1) is 16.7 Å². The first-order chi connectivity index (χ1) is 10.8. The minimum Gasteiger partial charge on any atom is -0.463 e. The van der Waals surface area contributed by atoms with E-state index in [2.05, 4.69) is 48.1 Å². The van der Waals surface area contributed by atoms with E-state index < -0.39 is 5.97 Å². The summed E-state index contributed by atoms with van der Waals surface area (Å²) in [4.78, 5) is 23.5. The molecule has 0 aliphatic carbocycles. The van der Waals surface area contributed by atoms with Crippen molar-refractivity contribution >= 4 is 11.9 Å². The maximum absolute atomic E-state index is 12.4. The molecule has 1 atom stereocenters. The number of hydrogen-bond acceptors (Lipinski definition) is 5. The topological polar surface area (TPSA) is 61.8 Å². The number of hydrogen-bond donors (Lipinski definition) is 0. The molecule has 5 heteroatoms. The third-order valence-corrected chi connectivity index (χ3v) is 3.43. The molecular weight excluding hydrogens is 308 g/mol. The maximum Gasteiger partial charge on any atom is 0.333 e. The van der Waals surface area contributed by atoms with Crippen molar-refractivity contribution in [3.8, 4) is 0 Å². The fraction of sp³-hybridized carbons (Fsp3) is 0.789. The predicted octanol–water partition coefficient (Wildman–Crippen LogP) is 3.76. The smallest absolute Gasteiger partial charge is 0.333 e. The van der Waals surface area contributed by atoms with Crippen LogP contribution in [0.1, 0.15) is 54.9 Å². The van der Waals surface area contributed by atoms with Gasteiger partial charge in [-0.25, -0.2) is 4.79 Å². The van der Waals surface area contributed by atoms with Gasteiger partial charge in [-0.05, 0) is 24.2 Å². The number of rotatable bonds is 9. The highest BCUT2D eigenvalue weighted by Crippen LogP contribution is 2.36. The molecule has 0 saturated carbocycles. The molecule has 0 aromatic rings. The van der Waals surface area contributed by atoms with Gasteiger partial charge in [-0.3, -0.25) is 4.79 Å². The van der Waals surface area contributed by atoms with Crippen molar-refractivity contribution in [3.63, 3.8) is 0 Å². The second-order valence-electron chi connectivity index (χ2n) is 8.38. The van der Waals surface area contributed by atoms with Gasteiger partial charge in [0.25, 0.3) is 0 Å². The van der Waals surface area contributed by atoms with Crippen LogP contribution >= 0.6 is 0 Å². The normalized spacial score (nSPS) is 13.3. The van der Waals surface area contributed by atoms with E-state index in [4.69, 9.17) is 14.2 Å². The highest BCUT2D eigenvalue weighted by atomic mass is 16.6. The van der Waals surface area contributed by atoms with E-state index in [0.29, 0.717) is 5.57 Å². The average Bonchev–Trinajstić information content (AvgIpc) is 2.41. The molecule has 0 aliphatic heterocycles. The standard InChI is InChI=1S/C19H34O5/c1-14(2)16(20)23-11-9-22-10-12-24-17(21)15(19(6,7)8)13-18(3,4)5/h15H,1,9-13H2,2-8H3. The average molecular weight is 342 g/mol. The zero-order chi connectivity index (χ0) is 19.0. The minimum atomic E-state index is -0.430. The van der Waals surface area contributed by atoms with Gasteiger partial charge in [0.1, 0.15) is 13.2 Å². The highest BCUT2D eigenvalue weighted by molar-refractivity contribution is 5.86. The second-order valence-corrected chi connectivity index (χ2v) is 8.38. The quantitative estimate of drug-likeness (QED) is 0.363. The van der Waals surface area contributed by atoms with E-state index in [1.807, 2.05) is 0 Å². The third kappa shape index (κ3) is 10.4. The van der Waals surface area contributed by atoms with Crippen LogP contribution in [0.15, 0.2) is 12.2 Å². The Morgan fingerprint density at radius 2 is 1.42 bits per heavy atom. The van der Waals surface area contributed by atoms with Gasteiger partial charge in [0.05, 0.1) is 19.1 Å². The fourth-order valence-corrected chi connectivity index (χ4v) is 2.08. The Morgan fingerprint density at radius 1 is 0.917 bits per heavy atom. The van der Waals surface area contributed by atoms with Crippen LogP contribution in [0.2, 0.25) is 0 Å². The van der Waals surface area contributed by atoms with E-state index >= 15 is 0 Å². The van der Waals surface area contributed by atoms with Crippen molar-refractivity contribution in [3.05, 3.63) is 12.2 Å². The second kappa shape index (κ2) is 9.82. The number of carbonyl (C=O) groups excluding carboxylic acids is 2. The summed E-state index contributed by atoms with van der Waals surface area (Å²) in [6, 6.07) is 0. The summed E-state index contributed by atoms with van der Waals surface area (Å²) in [5, 5.41) is 0. The van der Waals surface area contributed by atoms with Gasteiger partial charge in [0, 0.05) is 5.57 Å². The predicted molar refractivity (Wildman–Crippen MR) is 94.6 cm³/mol. The summed E-state index contributed by atoms with van der Waals surface area (Å²) >= 11 is 0. The largest absolute Gasteiger partial charge is 0.463 e. The lowest BCUT2D eigenvalue weighted by Gasteiger charge is -2.33. The van der Waals surface area contributed by atoms with Crippen molar-refractivity contribution in [1.29, 1.82) is 0 Å². The van der Waals surface area contributed by atoms with Crippen molar-refractivity contribution in [2.75, 3.05) is 26.4 Å². The molecule has 0 saturated heterocycles. The third-order valence-electron chi connectivity index (χ3n) is 3.43. The Morgan fingerprint density at radius 3 is 1.83 bits per heavy atom. The molecule has 1 unspecified atom stereocenters. The molecular formula is C19H34O5. The van der Waals surface area contributed by atoms with Crippen molar-refractivity contribution < 1.29 is 23.8 Å². The van der Waals surface area contributed by atoms with Crippen LogP contribution in [0.4, 0.5) is 0 Å². The van der Waals surface area contributed by atoms with E-state index in [1.165, 1.54) is 0 Å². The molecule has 5 nitrogen and oxygen atoms in total. The zero-order valence-corrected chi connectivity index (χ0v) is 16.4. The lowest BCUT2D eigenvalue weighted by Crippen LogP contribution is -2.34. The van der Waals surface area contributed by atoms with Crippen LogP contribution in [0.3, 0.4) is 0 Å². The molecule has 0 N–H and O–H groups in total. The van der Waals surface area contributed by atoms with Crippen molar-refractivity contribution in [1.82, 2.24) is 0 Å². The number of esters is 2. The molecule has 0 amide bonds. The Bertz CT molecular complexity index is 426. The van der Waals surface area contributed by atoms with Crippen LogP contribution in [-0.2, 0) is 23.8 Å². The van der Waals surface area contributed by atoms with Crippen LogP contribution in [0.25, 0.3) is 0 Å². The van der Waals surface area contributed by atoms with Gasteiger partial charge in [-0.15, -0.1) is 0 Å². The summed E-state index contributed by atoms with van der Waals surface area (Å²) in [6.07, 6.45) is 0.771. The number of carbonyl (C=O) groups is 2. The summed E-state index contributed by atoms with van der Waals surface area (Å²) in [6.45, 7) is 18.5. The summed E-state index contributed by atoms with van der Waals surface area (Å²) < 4.78 is 15.6. The monoisotopic (exact) mass is 342 g/mol. The lowest BCUT2D eigenvalue weighted by molar-refractivity contribution is -0.155. The molecule has 0 fully saturated rings. The number of ether oxygens (including phenoxy) is 3. The van der Waals surface area contributed by atoms with E-state index in [9.17, 15) is 9.59 Å². The van der Waals surface area contributed by atoms with Crippen LogP contribution < -0.4 is 0 Å². The summed E-state index contributed by atoms with van der Waals surface area (Å²) in [5.74, 6) is -0.774.